The van der Waals surface area contributed by atoms with Gasteiger partial charge in [0.25, 0.3) is 0 Å². The van der Waals surface area contributed by atoms with Gasteiger partial charge >= 0.3 is 5.97 Å². The number of carboxylic acids is 1. The van der Waals surface area contributed by atoms with E-state index in [0.29, 0.717) is 31.1 Å². The van der Waals surface area contributed by atoms with Crippen molar-refractivity contribution < 1.29 is 15.0 Å². The van der Waals surface area contributed by atoms with Gasteiger partial charge in [0.15, 0.2) is 0 Å². The van der Waals surface area contributed by atoms with E-state index in [-0.39, 0.29) is 5.75 Å². The fourth-order valence-corrected chi connectivity index (χ4v) is 1.94. The average Bonchev–Trinajstić information content (AvgIpc) is 2.31. The van der Waals surface area contributed by atoms with Crippen LogP contribution < -0.4 is 5.32 Å². The summed E-state index contributed by atoms with van der Waals surface area (Å²) in [7, 11) is 0. The number of hydrogen-bond donors (Lipinski definition) is 3. The Labute approximate surface area is 113 Å². The van der Waals surface area contributed by atoms with Crippen LogP contribution in [0.5, 0.6) is 5.75 Å². The Hall–Kier alpha value is -1.62. The van der Waals surface area contributed by atoms with E-state index in [1.54, 1.807) is 12.1 Å². The van der Waals surface area contributed by atoms with E-state index in [1.165, 1.54) is 0 Å². The number of nitrogens with one attached hydrogen (secondary N) is 1. The normalized spacial score (nSPS) is 12.6. The molecule has 0 fully saturated rings. The van der Waals surface area contributed by atoms with Crippen LogP contribution in [0.15, 0.2) is 12.1 Å². The van der Waals surface area contributed by atoms with E-state index in [1.807, 2.05) is 20.8 Å². The van der Waals surface area contributed by atoms with Crippen molar-refractivity contribution in [3.63, 3.8) is 0 Å². The largest absolute Gasteiger partial charge is 0.506 e. The van der Waals surface area contributed by atoms with E-state index >= 15 is 0 Å². The van der Waals surface area contributed by atoms with E-state index in [4.69, 9.17) is 5.11 Å². The van der Waals surface area contributed by atoms with Gasteiger partial charge in [0.2, 0.25) is 0 Å². The molecule has 19 heavy (non-hydrogen) atoms. The number of hydrogen-bond acceptors (Lipinski definition) is 4. The van der Waals surface area contributed by atoms with Crippen molar-refractivity contribution in [1.82, 2.24) is 10.3 Å². The van der Waals surface area contributed by atoms with Gasteiger partial charge in [0, 0.05) is 18.8 Å². The summed E-state index contributed by atoms with van der Waals surface area (Å²) in [5.41, 5.74) is 1.38. The lowest BCUT2D eigenvalue weighted by atomic mass is 9.97. The van der Waals surface area contributed by atoms with Crippen molar-refractivity contribution in [2.24, 2.45) is 11.8 Å². The van der Waals surface area contributed by atoms with E-state index in [0.717, 1.165) is 5.69 Å². The predicted octanol–water partition coefficient (Wildman–Crippen LogP) is 1.93. The molecule has 0 amide bonds. The zero-order valence-electron chi connectivity index (χ0n) is 11.7. The Balaban J connectivity index is 2.52. The Morgan fingerprint density at radius 2 is 2.11 bits per heavy atom. The van der Waals surface area contributed by atoms with Crippen molar-refractivity contribution in [1.29, 1.82) is 0 Å². The Morgan fingerprint density at radius 1 is 1.42 bits per heavy atom. The van der Waals surface area contributed by atoms with Crippen LogP contribution in [0.4, 0.5) is 0 Å². The number of rotatable bonds is 7. The molecule has 1 aromatic heterocycles. The van der Waals surface area contributed by atoms with Crippen molar-refractivity contribution in [3.05, 3.63) is 23.5 Å². The van der Waals surface area contributed by atoms with Gasteiger partial charge in [-0.25, -0.2) is 0 Å². The first-order chi connectivity index (χ1) is 8.90. The lowest BCUT2D eigenvalue weighted by Gasteiger charge is -2.15. The molecule has 1 heterocycles. The van der Waals surface area contributed by atoms with Crippen LogP contribution in [0.25, 0.3) is 0 Å². The molecule has 0 aliphatic rings. The maximum Gasteiger partial charge on any atom is 0.307 e. The lowest BCUT2D eigenvalue weighted by molar-refractivity contribution is -0.142. The Morgan fingerprint density at radius 3 is 2.68 bits per heavy atom. The number of carbonyl (C=O) groups is 1. The topological polar surface area (TPSA) is 82.5 Å². The maximum atomic E-state index is 11.1. The van der Waals surface area contributed by atoms with Gasteiger partial charge in [0.05, 0.1) is 11.6 Å². The van der Waals surface area contributed by atoms with Crippen molar-refractivity contribution in [2.75, 3.05) is 6.54 Å². The number of pyridine rings is 1. The summed E-state index contributed by atoms with van der Waals surface area (Å²) < 4.78 is 0. The molecule has 1 rings (SSSR count). The van der Waals surface area contributed by atoms with Crippen LogP contribution in [0.1, 0.15) is 31.7 Å². The zero-order valence-corrected chi connectivity index (χ0v) is 11.7. The van der Waals surface area contributed by atoms with Crippen LogP contribution in [0.3, 0.4) is 0 Å². The predicted molar refractivity (Wildman–Crippen MR) is 72.9 cm³/mol. The van der Waals surface area contributed by atoms with Crippen LogP contribution >= 0.6 is 0 Å². The third-order valence-corrected chi connectivity index (χ3v) is 2.88. The summed E-state index contributed by atoms with van der Waals surface area (Å²) in [4.78, 5) is 15.3. The number of aryl methyl sites for hydroxylation is 1. The summed E-state index contributed by atoms with van der Waals surface area (Å²) in [6, 6.07) is 3.33. The van der Waals surface area contributed by atoms with Crippen molar-refractivity contribution >= 4 is 5.97 Å². The molecular weight excluding hydrogens is 244 g/mol. The fourth-order valence-electron chi connectivity index (χ4n) is 1.94. The van der Waals surface area contributed by atoms with Gasteiger partial charge < -0.3 is 15.5 Å². The molecule has 0 saturated heterocycles. The molecule has 0 radical (unpaired) electrons. The number of carboxylic acid groups (broad SMARTS) is 1. The number of aliphatic carboxylic acids is 1. The molecule has 0 spiro atoms. The molecule has 0 aliphatic heterocycles. The summed E-state index contributed by atoms with van der Waals surface area (Å²) in [6.07, 6.45) is 0.634. The zero-order chi connectivity index (χ0) is 14.4. The van der Waals surface area contributed by atoms with Crippen LogP contribution in [0, 0.1) is 18.8 Å². The van der Waals surface area contributed by atoms with Gasteiger partial charge in [0.1, 0.15) is 5.75 Å². The summed E-state index contributed by atoms with van der Waals surface area (Å²) in [5, 5.41) is 21.8. The van der Waals surface area contributed by atoms with Gasteiger partial charge in [-0.15, -0.1) is 0 Å². The number of aromatic nitrogens is 1. The molecule has 1 atom stereocenters. The summed E-state index contributed by atoms with van der Waals surface area (Å²) >= 11 is 0. The third-order valence-electron chi connectivity index (χ3n) is 2.88. The average molecular weight is 266 g/mol. The molecule has 0 aliphatic carbocycles. The van der Waals surface area contributed by atoms with Gasteiger partial charge in [-0.2, -0.15) is 0 Å². The highest BCUT2D eigenvalue weighted by molar-refractivity contribution is 5.70. The second-order valence-electron chi connectivity index (χ2n) is 5.21. The maximum absolute atomic E-state index is 11.1. The number of nitrogens with zero attached hydrogens (tertiary/aromatic N) is 1. The lowest BCUT2D eigenvalue weighted by Crippen LogP contribution is -2.29. The molecule has 5 heteroatoms. The molecule has 1 unspecified atom stereocenters. The molecule has 3 N–H and O–H groups in total. The first-order valence-corrected chi connectivity index (χ1v) is 6.49. The Kier molecular flexibility index (Phi) is 5.76. The quantitative estimate of drug-likeness (QED) is 0.702. The minimum atomic E-state index is -0.789. The number of aromatic hydroxyl groups is 1. The SMILES string of the molecule is Cc1ccc(O)c(CNCC(CC(C)C)C(=O)O)n1. The molecule has 0 saturated carbocycles. The smallest absolute Gasteiger partial charge is 0.307 e. The fraction of sp³-hybridized carbons (Fsp3) is 0.571. The molecular formula is C14H22N2O3. The molecule has 1 aromatic rings. The van der Waals surface area contributed by atoms with E-state index in [2.05, 4.69) is 10.3 Å². The second-order valence-corrected chi connectivity index (χ2v) is 5.21. The highest BCUT2D eigenvalue weighted by atomic mass is 16.4. The summed E-state index contributed by atoms with van der Waals surface area (Å²) in [6.45, 7) is 6.60. The highest BCUT2D eigenvalue weighted by Gasteiger charge is 2.18. The van der Waals surface area contributed by atoms with Crippen molar-refractivity contribution in [3.8, 4) is 5.75 Å². The van der Waals surface area contributed by atoms with Crippen LogP contribution in [-0.4, -0.2) is 27.7 Å². The van der Waals surface area contributed by atoms with Gasteiger partial charge in [-0.1, -0.05) is 13.8 Å². The first-order valence-electron chi connectivity index (χ1n) is 6.49. The second kappa shape index (κ2) is 7.09. The Bertz CT molecular complexity index is 433. The first kappa shape index (κ1) is 15.4. The molecule has 106 valence electrons. The standard InChI is InChI=1S/C14H22N2O3/c1-9(2)6-11(14(18)19)7-15-8-12-13(17)5-4-10(3)16-12/h4-5,9,11,15,17H,6-8H2,1-3H3,(H,18,19). The van der Waals surface area contributed by atoms with E-state index in [9.17, 15) is 9.90 Å². The monoisotopic (exact) mass is 266 g/mol. The van der Waals surface area contributed by atoms with Crippen LogP contribution in [-0.2, 0) is 11.3 Å². The third kappa shape index (κ3) is 5.26. The van der Waals surface area contributed by atoms with E-state index < -0.39 is 11.9 Å². The summed E-state index contributed by atoms with van der Waals surface area (Å²) in [5.74, 6) is -0.725. The molecule has 0 aromatic carbocycles. The van der Waals surface area contributed by atoms with Gasteiger partial charge in [-0.3, -0.25) is 9.78 Å². The minimum absolute atomic E-state index is 0.133. The molecule has 0 bridgehead atoms. The minimum Gasteiger partial charge on any atom is -0.506 e. The highest BCUT2D eigenvalue weighted by Crippen LogP contribution is 2.15. The van der Waals surface area contributed by atoms with Crippen LogP contribution in [0.2, 0.25) is 0 Å². The molecule has 5 nitrogen and oxygen atoms in total. The van der Waals surface area contributed by atoms with Gasteiger partial charge in [-0.05, 0) is 31.4 Å². The van der Waals surface area contributed by atoms with Crippen molar-refractivity contribution in [2.45, 2.75) is 33.7 Å².